The van der Waals surface area contributed by atoms with E-state index in [1.807, 2.05) is 0 Å². The monoisotopic (exact) mass is 439 g/mol. The van der Waals surface area contributed by atoms with Gasteiger partial charge in [-0.05, 0) is 47.7 Å². The number of amides is 2. The summed E-state index contributed by atoms with van der Waals surface area (Å²) < 4.78 is 10.2. The fourth-order valence-electron chi connectivity index (χ4n) is 2.63. The fraction of sp³-hybridized carbons (Fsp3) is 0.158. The van der Waals surface area contributed by atoms with Gasteiger partial charge in [0, 0.05) is 15.6 Å². The van der Waals surface area contributed by atoms with Crippen molar-refractivity contribution in [2.24, 2.45) is 0 Å². The number of phenols is 1. The Morgan fingerprint density at radius 1 is 1.11 bits per heavy atom. The average molecular weight is 440 g/mol. The summed E-state index contributed by atoms with van der Waals surface area (Å²) in [4.78, 5) is 26.4. The number of thioether (sulfide) groups is 1. The molecule has 0 spiro atoms. The van der Waals surface area contributed by atoms with Crippen LogP contribution < -0.4 is 9.47 Å². The lowest BCUT2D eigenvalue weighted by Gasteiger charge is -2.14. The summed E-state index contributed by atoms with van der Waals surface area (Å²) in [5.74, 6) is -0.235. The van der Waals surface area contributed by atoms with Crippen molar-refractivity contribution in [2.45, 2.75) is 6.54 Å². The molecule has 0 saturated carbocycles. The first-order valence-electron chi connectivity index (χ1n) is 7.99. The highest BCUT2D eigenvalue weighted by molar-refractivity contribution is 8.18. The lowest BCUT2D eigenvalue weighted by Crippen LogP contribution is -2.27. The third kappa shape index (κ3) is 3.92. The van der Waals surface area contributed by atoms with E-state index < -0.39 is 11.1 Å². The van der Waals surface area contributed by atoms with Crippen LogP contribution in [-0.2, 0) is 11.3 Å². The summed E-state index contributed by atoms with van der Waals surface area (Å²) in [6.45, 7) is -0.0251. The quantitative estimate of drug-likeness (QED) is 0.663. The van der Waals surface area contributed by atoms with E-state index in [9.17, 15) is 14.7 Å². The first-order chi connectivity index (χ1) is 13.3. The molecule has 146 valence electrons. The summed E-state index contributed by atoms with van der Waals surface area (Å²) in [7, 11) is 2.80. The number of phenolic OH excluding ortho intramolecular Hbond substituents is 1. The van der Waals surface area contributed by atoms with Crippen LogP contribution in [0.4, 0.5) is 4.79 Å². The molecular formula is C19H15Cl2NO5S. The van der Waals surface area contributed by atoms with Crippen molar-refractivity contribution in [3.05, 3.63) is 56.4 Å². The molecule has 9 heteroatoms. The molecule has 2 aromatic rings. The molecule has 0 aliphatic carbocycles. The molecule has 6 nitrogen and oxygen atoms in total. The Morgan fingerprint density at radius 2 is 1.68 bits per heavy atom. The fourth-order valence-corrected chi connectivity index (χ4v) is 3.98. The maximum absolute atomic E-state index is 12.7. The molecule has 1 N–H and O–H groups in total. The Bertz CT molecular complexity index is 947. The molecule has 0 bridgehead atoms. The van der Waals surface area contributed by atoms with Gasteiger partial charge in [0.15, 0.2) is 11.5 Å². The molecule has 0 radical (unpaired) electrons. The van der Waals surface area contributed by atoms with Crippen molar-refractivity contribution in [3.8, 4) is 17.2 Å². The van der Waals surface area contributed by atoms with Crippen molar-refractivity contribution in [3.63, 3.8) is 0 Å². The number of imide groups is 1. The molecule has 2 aromatic carbocycles. The van der Waals surface area contributed by atoms with E-state index >= 15 is 0 Å². The largest absolute Gasteiger partial charge is 0.502 e. The number of nitrogens with zero attached hydrogens (tertiary/aromatic N) is 1. The Kier molecular flexibility index (Phi) is 6.07. The number of ether oxygens (including phenoxy) is 2. The number of methoxy groups -OCH3 is 2. The van der Waals surface area contributed by atoms with Crippen molar-refractivity contribution in [1.82, 2.24) is 4.90 Å². The van der Waals surface area contributed by atoms with Crippen molar-refractivity contribution in [2.75, 3.05) is 14.2 Å². The van der Waals surface area contributed by atoms with Crippen LogP contribution in [0.5, 0.6) is 17.2 Å². The topological polar surface area (TPSA) is 76.1 Å². The van der Waals surface area contributed by atoms with Gasteiger partial charge in [0.1, 0.15) is 0 Å². The van der Waals surface area contributed by atoms with Gasteiger partial charge in [-0.2, -0.15) is 0 Å². The summed E-state index contributed by atoms with van der Waals surface area (Å²) in [5.41, 5.74) is 1.04. The van der Waals surface area contributed by atoms with Gasteiger partial charge < -0.3 is 14.6 Å². The highest BCUT2D eigenvalue weighted by Gasteiger charge is 2.35. The van der Waals surface area contributed by atoms with E-state index in [1.54, 1.807) is 18.2 Å². The number of hydrogen-bond acceptors (Lipinski definition) is 6. The van der Waals surface area contributed by atoms with Crippen LogP contribution in [0.3, 0.4) is 0 Å². The van der Waals surface area contributed by atoms with Crippen LogP contribution in [-0.4, -0.2) is 35.4 Å². The van der Waals surface area contributed by atoms with Crippen LogP contribution in [0.15, 0.2) is 35.2 Å². The minimum absolute atomic E-state index is 0.0251. The van der Waals surface area contributed by atoms with Crippen LogP contribution in [0, 0.1) is 0 Å². The molecule has 3 rings (SSSR count). The van der Waals surface area contributed by atoms with E-state index in [-0.39, 0.29) is 28.7 Å². The lowest BCUT2D eigenvalue weighted by molar-refractivity contribution is -0.123. The zero-order valence-electron chi connectivity index (χ0n) is 14.9. The molecule has 28 heavy (non-hydrogen) atoms. The van der Waals surface area contributed by atoms with E-state index in [2.05, 4.69) is 0 Å². The molecule has 0 atom stereocenters. The van der Waals surface area contributed by atoms with Crippen molar-refractivity contribution < 1.29 is 24.2 Å². The third-order valence-corrected chi connectivity index (χ3v) is 5.67. The van der Waals surface area contributed by atoms with E-state index in [0.717, 1.165) is 16.7 Å². The Labute approximate surface area is 175 Å². The maximum atomic E-state index is 12.7. The number of benzene rings is 2. The van der Waals surface area contributed by atoms with Crippen molar-refractivity contribution >= 4 is 52.2 Å². The van der Waals surface area contributed by atoms with Gasteiger partial charge in [0.2, 0.25) is 5.75 Å². The Hall–Kier alpha value is -2.35. The smallest absolute Gasteiger partial charge is 0.293 e. The molecular weight excluding hydrogens is 425 g/mol. The lowest BCUT2D eigenvalue weighted by atomic mass is 10.1. The second kappa shape index (κ2) is 8.34. The Balaban J connectivity index is 1.91. The summed E-state index contributed by atoms with van der Waals surface area (Å²) in [6.07, 6.45) is 1.53. The molecule has 1 heterocycles. The molecule has 1 fully saturated rings. The highest BCUT2D eigenvalue weighted by atomic mass is 35.5. The standard InChI is InChI=1S/C19H15Cl2NO5S/c1-26-14-6-10(7-15(27-2)17(14)23)8-16-18(24)22(19(25)28-16)9-11-12(20)4-3-5-13(11)21/h3-8,23H,9H2,1-2H3/b16-8-. The number of halogens is 2. The molecule has 0 unspecified atom stereocenters. The van der Waals surface area contributed by atoms with Gasteiger partial charge in [0.25, 0.3) is 11.1 Å². The van der Waals surface area contributed by atoms with Gasteiger partial charge in [-0.1, -0.05) is 29.3 Å². The Morgan fingerprint density at radius 3 is 2.21 bits per heavy atom. The van der Waals surface area contributed by atoms with E-state index in [0.29, 0.717) is 21.2 Å². The van der Waals surface area contributed by atoms with E-state index in [1.165, 1.54) is 32.4 Å². The van der Waals surface area contributed by atoms with Gasteiger partial charge in [-0.3, -0.25) is 14.5 Å². The molecule has 1 aliphatic rings. The summed E-state index contributed by atoms with van der Waals surface area (Å²) in [5, 5.41) is 10.3. The van der Waals surface area contributed by atoms with Crippen LogP contribution in [0.2, 0.25) is 10.0 Å². The first kappa shape index (κ1) is 20.4. The van der Waals surface area contributed by atoms with Gasteiger partial charge >= 0.3 is 0 Å². The SMILES string of the molecule is COc1cc(/C=C2\SC(=O)N(Cc3c(Cl)cccc3Cl)C2=O)cc(OC)c1O. The summed E-state index contributed by atoms with van der Waals surface area (Å²) >= 11 is 13.1. The number of rotatable bonds is 5. The predicted octanol–water partition coefficient (Wildman–Crippen LogP) is 4.95. The van der Waals surface area contributed by atoms with Crippen LogP contribution in [0.1, 0.15) is 11.1 Å². The highest BCUT2D eigenvalue weighted by Crippen LogP contribution is 2.40. The zero-order chi connectivity index (χ0) is 20.4. The normalized spacial score (nSPS) is 15.4. The zero-order valence-corrected chi connectivity index (χ0v) is 17.2. The molecule has 2 amide bonds. The van der Waals surface area contributed by atoms with Gasteiger partial charge in [-0.25, -0.2) is 0 Å². The number of hydrogen-bond donors (Lipinski definition) is 1. The van der Waals surface area contributed by atoms with Gasteiger partial charge in [0.05, 0.1) is 25.7 Å². The van der Waals surface area contributed by atoms with Crippen LogP contribution >= 0.6 is 35.0 Å². The van der Waals surface area contributed by atoms with Crippen molar-refractivity contribution in [1.29, 1.82) is 0 Å². The molecule has 1 saturated heterocycles. The predicted molar refractivity (Wildman–Crippen MR) is 109 cm³/mol. The average Bonchev–Trinajstić information content (AvgIpc) is 2.92. The first-order valence-corrected chi connectivity index (χ1v) is 9.56. The molecule has 0 aromatic heterocycles. The second-order valence-corrected chi connectivity index (χ2v) is 7.55. The van der Waals surface area contributed by atoms with Crippen LogP contribution in [0.25, 0.3) is 6.08 Å². The minimum Gasteiger partial charge on any atom is -0.502 e. The van der Waals surface area contributed by atoms with E-state index in [4.69, 9.17) is 32.7 Å². The minimum atomic E-state index is -0.461. The summed E-state index contributed by atoms with van der Waals surface area (Å²) in [6, 6.07) is 8.06. The third-order valence-electron chi connectivity index (χ3n) is 4.05. The number of carbonyl (C=O) groups excluding carboxylic acids is 2. The van der Waals surface area contributed by atoms with Gasteiger partial charge in [-0.15, -0.1) is 0 Å². The number of carbonyl (C=O) groups is 2. The number of aromatic hydroxyl groups is 1. The maximum Gasteiger partial charge on any atom is 0.293 e. The second-order valence-electron chi connectivity index (χ2n) is 5.74. The molecule has 1 aliphatic heterocycles.